The van der Waals surface area contributed by atoms with E-state index in [4.69, 9.17) is 10.5 Å². The van der Waals surface area contributed by atoms with Crippen molar-refractivity contribution in [3.8, 4) is 0 Å². The molecule has 102 valence electrons. The molecule has 0 radical (unpaired) electrons. The molecule has 1 aromatic heterocycles. The molecule has 0 spiro atoms. The van der Waals surface area contributed by atoms with E-state index in [1.54, 1.807) is 0 Å². The Labute approximate surface area is 113 Å². The van der Waals surface area contributed by atoms with Gasteiger partial charge in [0.2, 0.25) is 5.95 Å². The van der Waals surface area contributed by atoms with E-state index in [0.29, 0.717) is 12.1 Å². The van der Waals surface area contributed by atoms with E-state index in [9.17, 15) is 0 Å². The van der Waals surface area contributed by atoms with E-state index in [1.165, 1.54) is 24.8 Å². The Morgan fingerprint density at radius 2 is 2.32 bits per heavy atom. The first-order valence-electron chi connectivity index (χ1n) is 7.08. The van der Waals surface area contributed by atoms with E-state index >= 15 is 0 Å². The molecule has 1 saturated heterocycles. The number of aryl methyl sites for hydroxylation is 2. The van der Waals surface area contributed by atoms with Crippen LogP contribution in [0.15, 0.2) is 18.2 Å². The minimum Gasteiger partial charge on any atom is -0.378 e. The summed E-state index contributed by atoms with van der Waals surface area (Å²) in [6.07, 6.45) is 5.06. The number of para-hydroxylation sites is 1. The molecule has 0 aliphatic carbocycles. The molecule has 19 heavy (non-hydrogen) atoms. The minimum atomic E-state index is 0.384. The third-order valence-electron chi connectivity index (χ3n) is 3.95. The summed E-state index contributed by atoms with van der Waals surface area (Å²) in [5.74, 6) is 0.611. The second-order valence-corrected chi connectivity index (χ2v) is 5.34. The molecule has 0 bridgehead atoms. The molecule has 1 fully saturated rings. The van der Waals surface area contributed by atoms with Gasteiger partial charge in [0.05, 0.1) is 17.1 Å². The number of hydrogen-bond donors (Lipinski definition) is 1. The molecule has 0 saturated carbocycles. The maximum Gasteiger partial charge on any atom is 0.201 e. The molecule has 2 aromatic rings. The number of benzene rings is 1. The minimum absolute atomic E-state index is 0.384. The van der Waals surface area contributed by atoms with Crippen molar-refractivity contribution in [1.29, 1.82) is 0 Å². The molecule has 4 nitrogen and oxygen atoms in total. The third-order valence-corrected chi connectivity index (χ3v) is 3.95. The summed E-state index contributed by atoms with van der Waals surface area (Å²) in [5.41, 5.74) is 9.43. The number of nitrogens with two attached hydrogens (primary N) is 1. The molecule has 3 rings (SSSR count). The Hall–Kier alpha value is -1.55. The molecule has 2 heterocycles. The second-order valence-electron chi connectivity index (χ2n) is 5.34. The fourth-order valence-electron chi connectivity index (χ4n) is 2.92. The van der Waals surface area contributed by atoms with Crippen LogP contribution in [0.1, 0.15) is 31.2 Å². The van der Waals surface area contributed by atoms with Gasteiger partial charge in [-0.2, -0.15) is 0 Å². The number of fused-ring (bicyclic) bond motifs is 1. The van der Waals surface area contributed by atoms with E-state index < -0.39 is 0 Å². The maximum absolute atomic E-state index is 6.05. The number of nitrogen functional groups attached to an aromatic ring is 1. The van der Waals surface area contributed by atoms with Crippen molar-refractivity contribution in [2.24, 2.45) is 0 Å². The van der Waals surface area contributed by atoms with E-state index in [2.05, 4.69) is 22.5 Å². The lowest BCUT2D eigenvalue weighted by Gasteiger charge is -2.23. The highest BCUT2D eigenvalue weighted by Gasteiger charge is 2.16. The maximum atomic E-state index is 6.05. The van der Waals surface area contributed by atoms with Crippen LogP contribution >= 0.6 is 0 Å². The van der Waals surface area contributed by atoms with Gasteiger partial charge >= 0.3 is 0 Å². The first kappa shape index (κ1) is 12.5. The van der Waals surface area contributed by atoms with Crippen LogP contribution in [0, 0.1) is 6.92 Å². The Morgan fingerprint density at radius 1 is 1.42 bits per heavy atom. The van der Waals surface area contributed by atoms with E-state index in [1.807, 2.05) is 12.1 Å². The fraction of sp³-hybridized carbons (Fsp3) is 0.533. The number of anilines is 1. The molecule has 1 aromatic carbocycles. The van der Waals surface area contributed by atoms with Crippen LogP contribution in [0.4, 0.5) is 5.95 Å². The lowest BCUT2D eigenvalue weighted by atomic mass is 10.1. The summed E-state index contributed by atoms with van der Waals surface area (Å²) < 4.78 is 7.91. The van der Waals surface area contributed by atoms with E-state index in [-0.39, 0.29) is 0 Å². The Morgan fingerprint density at radius 3 is 3.11 bits per heavy atom. The van der Waals surface area contributed by atoms with Crippen LogP contribution < -0.4 is 5.73 Å². The first-order chi connectivity index (χ1) is 9.25. The highest BCUT2D eigenvalue weighted by Crippen LogP contribution is 2.23. The van der Waals surface area contributed by atoms with Crippen LogP contribution in [0.2, 0.25) is 0 Å². The second kappa shape index (κ2) is 5.21. The van der Waals surface area contributed by atoms with Gasteiger partial charge < -0.3 is 15.0 Å². The molecule has 0 amide bonds. The number of rotatable bonds is 3. The molecule has 2 N–H and O–H groups in total. The van der Waals surface area contributed by atoms with Gasteiger partial charge in [0.25, 0.3) is 0 Å². The highest BCUT2D eigenvalue weighted by atomic mass is 16.5. The van der Waals surface area contributed by atoms with Crippen molar-refractivity contribution >= 4 is 17.0 Å². The molecular formula is C15H21N3O. The van der Waals surface area contributed by atoms with Crippen LogP contribution in [0.3, 0.4) is 0 Å². The Bertz CT molecular complexity index is 570. The van der Waals surface area contributed by atoms with Crippen molar-refractivity contribution < 1.29 is 4.74 Å². The van der Waals surface area contributed by atoms with Crippen LogP contribution in [0.25, 0.3) is 11.0 Å². The quantitative estimate of drug-likeness (QED) is 0.922. The van der Waals surface area contributed by atoms with Gasteiger partial charge in [-0.15, -0.1) is 0 Å². The molecule has 1 aliphatic heterocycles. The zero-order chi connectivity index (χ0) is 13.2. The molecule has 1 unspecified atom stereocenters. The molecule has 4 heteroatoms. The van der Waals surface area contributed by atoms with Crippen LogP contribution in [-0.2, 0) is 11.3 Å². The van der Waals surface area contributed by atoms with Crippen molar-refractivity contribution in [2.45, 2.75) is 45.3 Å². The van der Waals surface area contributed by atoms with Gasteiger partial charge in [0, 0.05) is 13.2 Å². The monoisotopic (exact) mass is 259 g/mol. The number of imidazole rings is 1. The van der Waals surface area contributed by atoms with Gasteiger partial charge in [-0.25, -0.2) is 4.98 Å². The number of ether oxygens (including phenoxy) is 1. The summed E-state index contributed by atoms with van der Waals surface area (Å²) in [5, 5.41) is 0. The summed E-state index contributed by atoms with van der Waals surface area (Å²) in [7, 11) is 0. The van der Waals surface area contributed by atoms with Gasteiger partial charge in [0.1, 0.15) is 0 Å². The Balaban J connectivity index is 1.81. The van der Waals surface area contributed by atoms with Gasteiger partial charge in [-0.3, -0.25) is 0 Å². The van der Waals surface area contributed by atoms with Crippen molar-refractivity contribution in [3.63, 3.8) is 0 Å². The van der Waals surface area contributed by atoms with Crippen molar-refractivity contribution in [3.05, 3.63) is 23.8 Å². The largest absolute Gasteiger partial charge is 0.378 e. The molecule has 1 atom stereocenters. The van der Waals surface area contributed by atoms with Gasteiger partial charge in [0.15, 0.2) is 0 Å². The average Bonchev–Trinajstić information content (AvgIpc) is 2.75. The van der Waals surface area contributed by atoms with Crippen LogP contribution in [-0.4, -0.2) is 22.3 Å². The predicted molar refractivity (Wildman–Crippen MR) is 77.1 cm³/mol. The van der Waals surface area contributed by atoms with Gasteiger partial charge in [-0.1, -0.05) is 12.1 Å². The fourth-order valence-corrected chi connectivity index (χ4v) is 2.92. The summed E-state index contributed by atoms with van der Waals surface area (Å²) in [6, 6.07) is 6.15. The molecule has 1 aliphatic rings. The highest BCUT2D eigenvalue weighted by molar-refractivity contribution is 5.81. The topological polar surface area (TPSA) is 53.1 Å². The van der Waals surface area contributed by atoms with Crippen molar-refractivity contribution in [1.82, 2.24) is 9.55 Å². The number of hydrogen-bond acceptors (Lipinski definition) is 3. The number of aromatic nitrogens is 2. The lowest BCUT2D eigenvalue weighted by Crippen LogP contribution is -2.21. The molecular weight excluding hydrogens is 238 g/mol. The predicted octanol–water partition coefficient (Wildman–Crippen LogP) is 2.89. The smallest absolute Gasteiger partial charge is 0.201 e. The zero-order valence-electron chi connectivity index (χ0n) is 11.4. The van der Waals surface area contributed by atoms with E-state index in [0.717, 1.165) is 30.6 Å². The average molecular weight is 259 g/mol. The lowest BCUT2D eigenvalue weighted by molar-refractivity contribution is 0.00906. The number of nitrogens with zero attached hydrogens (tertiary/aromatic N) is 2. The van der Waals surface area contributed by atoms with Crippen LogP contribution in [0.5, 0.6) is 0 Å². The van der Waals surface area contributed by atoms with Crippen molar-refractivity contribution in [2.75, 3.05) is 12.3 Å². The summed E-state index contributed by atoms with van der Waals surface area (Å²) in [6.45, 7) is 3.90. The summed E-state index contributed by atoms with van der Waals surface area (Å²) >= 11 is 0. The first-order valence-corrected chi connectivity index (χ1v) is 7.08. The standard InChI is InChI=1S/C15H21N3O/c1-11-5-4-7-13-14(11)18(15(16)17-13)9-8-12-6-2-3-10-19-12/h4-5,7,12H,2-3,6,8-10H2,1H3,(H2,16,17). The normalized spacial score (nSPS) is 19.9. The Kier molecular flexibility index (Phi) is 3.42. The summed E-state index contributed by atoms with van der Waals surface area (Å²) in [4.78, 5) is 4.44. The van der Waals surface area contributed by atoms with Gasteiger partial charge in [-0.05, 0) is 44.2 Å². The third kappa shape index (κ3) is 2.45. The zero-order valence-corrected chi connectivity index (χ0v) is 11.4. The SMILES string of the molecule is Cc1cccc2nc(N)n(CCC3CCCCO3)c12.